The fourth-order valence-corrected chi connectivity index (χ4v) is 4.03. The molecule has 3 rings (SSSR count). The molecule has 3 nitrogen and oxygen atoms in total. The first-order chi connectivity index (χ1) is 8.72. The van der Waals surface area contributed by atoms with Crippen LogP contribution in [0.4, 0.5) is 0 Å². The van der Waals surface area contributed by atoms with E-state index in [2.05, 4.69) is 16.7 Å². The molecular formula is C15H29N3. The highest BCUT2D eigenvalue weighted by molar-refractivity contribution is 4.99. The zero-order valence-corrected chi connectivity index (χ0v) is 11.9. The Bertz CT molecular complexity index is 287. The van der Waals surface area contributed by atoms with Gasteiger partial charge in [0.05, 0.1) is 0 Å². The Kier molecular flexibility index (Phi) is 3.65. The number of hydrogen-bond donors (Lipinski definition) is 1. The third kappa shape index (κ3) is 2.59. The van der Waals surface area contributed by atoms with Gasteiger partial charge in [-0.25, -0.2) is 0 Å². The van der Waals surface area contributed by atoms with Crippen molar-refractivity contribution in [1.29, 1.82) is 0 Å². The Morgan fingerprint density at radius 2 is 2.06 bits per heavy atom. The zero-order valence-electron chi connectivity index (χ0n) is 11.9. The number of nitrogens with two attached hydrogens (primary N) is 1. The van der Waals surface area contributed by atoms with Crippen LogP contribution in [0.5, 0.6) is 0 Å². The maximum absolute atomic E-state index is 5.77. The van der Waals surface area contributed by atoms with Crippen LogP contribution >= 0.6 is 0 Å². The van der Waals surface area contributed by atoms with E-state index in [0.717, 1.165) is 18.6 Å². The summed E-state index contributed by atoms with van der Waals surface area (Å²) in [5, 5.41) is 0. The standard InChI is InChI=1S/C15H29N3/c1-13-10-17-9-3-2-4-14(17)11-18(13)12-15(5-6-15)7-8-16/h13-14H,2-12,16H2,1H3. The molecule has 1 saturated carbocycles. The van der Waals surface area contributed by atoms with Gasteiger partial charge in [-0.15, -0.1) is 0 Å². The molecule has 0 aromatic heterocycles. The molecule has 2 saturated heterocycles. The predicted molar refractivity (Wildman–Crippen MR) is 75.6 cm³/mol. The first-order valence-corrected chi connectivity index (χ1v) is 7.91. The molecule has 0 radical (unpaired) electrons. The van der Waals surface area contributed by atoms with Crippen molar-refractivity contribution in [2.45, 2.75) is 57.5 Å². The number of piperidine rings is 1. The highest BCUT2D eigenvalue weighted by atomic mass is 15.3. The van der Waals surface area contributed by atoms with Gasteiger partial charge in [0.25, 0.3) is 0 Å². The van der Waals surface area contributed by atoms with Gasteiger partial charge in [0.15, 0.2) is 0 Å². The smallest absolute Gasteiger partial charge is 0.0223 e. The first kappa shape index (κ1) is 12.9. The van der Waals surface area contributed by atoms with Gasteiger partial charge in [0.2, 0.25) is 0 Å². The largest absolute Gasteiger partial charge is 0.330 e. The SMILES string of the molecule is CC1CN2CCCCC2CN1CC1(CCN)CC1. The quantitative estimate of drug-likeness (QED) is 0.825. The molecule has 3 heteroatoms. The summed E-state index contributed by atoms with van der Waals surface area (Å²) >= 11 is 0. The molecule has 2 heterocycles. The Labute approximate surface area is 112 Å². The average molecular weight is 251 g/mol. The van der Waals surface area contributed by atoms with Gasteiger partial charge in [-0.2, -0.15) is 0 Å². The van der Waals surface area contributed by atoms with E-state index in [4.69, 9.17) is 5.73 Å². The van der Waals surface area contributed by atoms with Crippen molar-refractivity contribution in [3.8, 4) is 0 Å². The van der Waals surface area contributed by atoms with E-state index in [-0.39, 0.29) is 0 Å². The van der Waals surface area contributed by atoms with Gasteiger partial charge >= 0.3 is 0 Å². The van der Waals surface area contributed by atoms with Gasteiger partial charge < -0.3 is 5.73 Å². The highest BCUT2D eigenvalue weighted by Gasteiger charge is 2.45. The van der Waals surface area contributed by atoms with E-state index in [1.807, 2.05) is 0 Å². The van der Waals surface area contributed by atoms with Crippen LogP contribution in [0, 0.1) is 5.41 Å². The lowest BCUT2D eigenvalue weighted by Crippen LogP contribution is -2.59. The average Bonchev–Trinajstić information content (AvgIpc) is 3.10. The summed E-state index contributed by atoms with van der Waals surface area (Å²) in [6.45, 7) is 8.56. The molecule has 2 N–H and O–H groups in total. The summed E-state index contributed by atoms with van der Waals surface area (Å²) in [5.74, 6) is 0. The van der Waals surface area contributed by atoms with Crippen LogP contribution in [0.25, 0.3) is 0 Å². The lowest BCUT2D eigenvalue weighted by molar-refractivity contribution is 0.00474. The third-order valence-electron chi connectivity index (χ3n) is 5.49. The van der Waals surface area contributed by atoms with Crippen molar-refractivity contribution in [3.63, 3.8) is 0 Å². The minimum Gasteiger partial charge on any atom is -0.330 e. The Balaban J connectivity index is 1.59. The van der Waals surface area contributed by atoms with E-state index in [1.165, 1.54) is 64.7 Å². The summed E-state index contributed by atoms with van der Waals surface area (Å²) in [6, 6.07) is 1.60. The number of rotatable bonds is 4. The van der Waals surface area contributed by atoms with Crippen molar-refractivity contribution in [2.75, 3.05) is 32.7 Å². The summed E-state index contributed by atoms with van der Waals surface area (Å²) in [7, 11) is 0. The molecule has 0 spiro atoms. The molecule has 2 unspecified atom stereocenters. The second-order valence-electron chi connectivity index (χ2n) is 6.96. The predicted octanol–water partition coefficient (Wildman–Crippen LogP) is 1.67. The summed E-state index contributed by atoms with van der Waals surface area (Å²) in [5.41, 5.74) is 6.38. The van der Waals surface area contributed by atoms with E-state index in [0.29, 0.717) is 5.41 Å². The van der Waals surface area contributed by atoms with Crippen LogP contribution in [0.3, 0.4) is 0 Å². The minimum atomic E-state index is 0.611. The first-order valence-electron chi connectivity index (χ1n) is 7.91. The molecule has 2 aliphatic heterocycles. The molecule has 0 bridgehead atoms. The van der Waals surface area contributed by atoms with Crippen molar-refractivity contribution < 1.29 is 0 Å². The van der Waals surface area contributed by atoms with Gasteiger partial charge in [-0.1, -0.05) is 6.42 Å². The van der Waals surface area contributed by atoms with Crippen LogP contribution < -0.4 is 5.73 Å². The third-order valence-corrected chi connectivity index (χ3v) is 5.49. The van der Waals surface area contributed by atoms with E-state index < -0.39 is 0 Å². The van der Waals surface area contributed by atoms with Gasteiger partial charge in [0.1, 0.15) is 0 Å². The highest BCUT2D eigenvalue weighted by Crippen LogP contribution is 2.49. The fraction of sp³-hybridized carbons (Fsp3) is 1.00. The topological polar surface area (TPSA) is 32.5 Å². The van der Waals surface area contributed by atoms with Gasteiger partial charge in [-0.3, -0.25) is 9.80 Å². The minimum absolute atomic E-state index is 0.611. The molecule has 3 aliphatic rings. The van der Waals surface area contributed by atoms with E-state index >= 15 is 0 Å². The molecule has 2 atom stereocenters. The second kappa shape index (κ2) is 5.10. The Hall–Kier alpha value is -0.120. The Morgan fingerprint density at radius 1 is 1.22 bits per heavy atom. The van der Waals surface area contributed by atoms with Gasteiger partial charge in [0, 0.05) is 31.7 Å². The van der Waals surface area contributed by atoms with E-state index in [1.54, 1.807) is 0 Å². The van der Waals surface area contributed by atoms with E-state index in [9.17, 15) is 0 Å². The molecular weight excluding hydrogens is 222 g/mol. The van der Waals surface area contributed by atoms with Crippen molar-refractivity contribution in [2.24, 2.45) is 11.1 Å². The summed E-state index contributed by atoms with van der Waals surface area (Å²) in [4.78, 5) is 5.52. The second-order valence-corrected chi connectivity index (χ2v) is 6.96. The fourth-order valence-electron chi connectivity index (χ4n) is 4.03. The maximum Gasteiger partial charge on any atom is 0.0223 e. The van der Waals surface area contributed by atoms with Crippen LogP contribution in [-0.2, 0) is 0 Å². The van der Waals surface area contributed by atoms with Crippen LogP contribution in [0.15, 0.2) is 0 Å². The monoisotopic (exact) mass is 251 g/mol. The molecule has 0 aromatic rings. The van der Waals surface area contributed by atoms with Crippen molar-refractivity contribution in [1.82, 2.24) is 9.80 Å². The molecule has 1 aliphatic carbocycles. The Morgan fingerprint density at radius 3 is 2.78 bits per heavy atom. The number of hydrogen-bond acceptors (Lipinski definition) is 3. The molecule has 0 amide bonds. The van der Waals surface area contributed by atoms with Crippen LogP contribution in [0.1, 0.15) is 45.4 Å². The number of fused-ring (bicyclic) bond motifs is 1. The van der Waals surface area contributed by atoms with Crippen LogP contribution in [-0.4, -0.2) is 54.6 Å². The number of nitrogens with zero attached hydrogens (tertiary/aromatic N) is 2. The molecule has 3 fully saturated rings. The molecule has 104 valence electrons. The lowest BCUT2D eigenvalue weighted by atomic mass is 9.94. The lowest BCUT2D eigenvalue weighted by Gasteiger charge is -2.48. The normalized spacial score (nSPS) is 36.3. The summed E-state index contributed by atoms with van der Waals surface area (Å²) in [6.07, 6.45) is 8.36. The van der Waals surface area contributed by atoms with Crippen molar-refractivity contribution in [3.05, 3.63) is 0 Å². The molecule has 18 heavy (non-hydrogen) atoms. The zero-order chi connectivity index (χ0) is 12.6. The van der Waals surface area contributed by atoms with Crippen molar-refractivity contribution >= 4 is 0 Å². The van der Waals surface area contributed by atoms with Gasteiger partial charge in [-0.05, 0) is 57.5 Å². The van der Waals surface area contributed by atoms with Crippen LogP contribution in [0.2, 0.25) is 0 Å². The summed E-state index contributed by atoms with van der Waals surface area (Å²) < 4.78 is 0. The maximum atomic E-state index is 5.77. The molecule has 0 aromatic carbocycles. The number of piperazine rings is 1.